The molecule has 1 aromatic rings. The smallest absolute Gasteiger partial charge is 0.271 e. The van der Waals surface area contributed by atoms with E-state index >= 15 is 0 Å². The molecule has 1 amide bonds. The largest absolute Gasteiger partial charge is 0.383 e. The van der Waals surface area contributed by atoms with Crippen molar-refractivity contribution in [3.8, 4) is 0 Å². The maximum absolute atomic E-state index is 11.8. The van der Waals surface area contributed by atoms with Gasteiger partial charge in [-0.2, -0.15) is 5.10 Å². The van der Waals surface area contributed by atoms with Crippen LogP contribution in [0.4, 0.5) is 0 Å². The number of methoxy groups -OCH3 is 1. The minimum Gasteiger partial charge on any atom is -0.383 e. The van der Waals surface area contributed by atoms with Crippen molar-refractivity contribution in [3.63, 3.8) is 0 Å². The third kappa shape index (κ3) is 3.53. The Labute approximate surface area is 93.4 Å². The summed E-state index contributed by atoms with van der Waals surface area (Å²) in [6, 6.07) is 1.64. The molecule has 84 valence electrons. The van der Waals surface area contributed by atoms with Crippen molar-refractivity contribution < 1.29 is 9.53 Å². The fourth-order valence-corrected chi connectivity index (χ4v) is 1.37. The van der Waals surface area contributed by atoms with E-state index in [2.05, 4.69) is 10.2 Å². The first-order valence-corrected chi connectivity index (χ1v) is 5.16. The monoisotopic (exact) mass is 231 g/mol. The molecule has 0 aliphatic carbocycles. The average Bonchev–Trinajstić information content (AvgIpc) is 2.76. The molecule has 0 bridgehead atoms. The Hall–Kier alpha value is -1.07. The summed E-state index contributed by atoms with van der Waals surface area (Å²) in [7, 11) is 1.60. The predicted octanol–water partition coefficient (Wildman–Crippen LogP) is 0.737. The molecule has 0 spiro atoms. The number of nitrogens with one attached hydrogen (secondary N) is 1. The molecule has 0 saturated carbocycles. The Balaban J connectivity index is 2.58. The van der Waals surface area contributed by atoms with Gasteiger partial charge in [0.05, 0.1) is 6.61 Å². The van der Waals surface area contributed by atoms with Crippen LogP contribution in [0, 0.1) is 0 Å². The van der Waals surface area contributed by atoms with Crippen molar-refractivity contribution >= 4 is 17.5 Å². The number of aromatic nitrogens is 2. The van der Waals surface area contributed by atoms with Crippen LogP contribution < -0.4 is 0 Å². The summed E-state index contributed by atoms with van der Waals surface area (Å²) in [6.07, 6.45) is 1.54. The van der Waals surface area contributed by atoms with Crippen LogP contribution in [0.3, 0.4) is 0 Å². The van der Waals surface area contributed by atoms with Gasteiger partial charge in [-0.3, -0.25) is 9.89 Å². The van der Waals surface area contributed by atoms with E-state index in [0.717, 1.165) is 0 Å². The van der Waals surface area contributed by atoms with Crippen LogP contribution in [-0.2, 0) is 4.74 Å². The van der Waals surface area contributed by atoms with Crippen LogP contribution in [0.25, 0.3) is 0 Å². The molecule has 1 rings (SSSR count). The molecule has 0 saturated heterocycles. The van der Waals surface area contributed by atoms with Gasteiger partial charge >= 0.3 is 0 Å². The average molecular weight is 232 g/mol. The van der Waals surface area contributed by atoms with Gasteiger partial charge in [0.2, 0.25) is 0 Å². The number of nitrogens with zero attached hydrogens (tertiary/aromatic N) is 2. The highest BCUT2D eigenvalue weighted by Gasteiger charge is 2.15. The summed E-state index contributed by atoms with van der Waals surface area (Å²) in [5.41, 5.74) is 0.469. The van der Waals surface area contributed by atoms with E-state index in [-0.39, 0.29) is 5.91 Å². The Morgan fingerprint density at radius 1 is 1.67 bits per heavy atom. The van der Waals surface area contributed by atoms with Crippen molar-refractivity contribution in [2.45, 2.75) is 0 Å². The van der Waals surface area contributed by atoms with Crippen molar-refractivity contribution in [3.05, 3.63) is 18.0 Å². The van der Waals surface area contributed by atoms with Crippen LogP contribution in [-0.4, -0.2) is 53.7 Å². The Bertz CT molecular complexity index is 290. The lowest BCUT2D eigenvalue weighted by Crippen LogP contribution is -2.35. The topological polar surface area (TPSA) is 58.2 Å². The van der Waals surface area contributed by atoms with Gasteiger partial charge in [0.15, 0.2) is 0 Å². The van der Waals surface area contributed by atoms with Gasteiger partial charge in [-0.1, -0.05) is 0 Å². The van der Waals surface area contributed by atoms with Crippen LogP contribution >= 0.6 is 11.6 Å². The third-order valence-corrected chi connectivity index (χ3v) is 2.11. The first-order chi connectivity index (χ1) is 7.29. The SMILES string of the molecule is COCCN(CCCl)C(=O)c1ccn[nH]1. The third-order valence-electron chi connectivity index (χ3n) is 1.94. The summed E-state index contributed by atoms with van der Waals surface area (Å²) in [5.74, 6) is 0.300. The molecule has 5 nitrogen and oxygen atoms in total. The molecule has 0 aliphatic heterocycles. The molecule has 0 atom stereocenters. The number of ether oxygens (including phenoxy) is 1. The molecular formula is C9H14ClN3O2. The van der Waals surface area contributed by atoms with Crippen molar-refractivity contribution in [2.24, 2.45) is 0 Å². The first-order valence-electron chi connectivity index (χ1n) is 4.63. The molecule has 6 heteroatoms. The molecule has 0 aliphatic rings. The maximum Gasteiger partial charge on any atom is 0.271 e. The van der Waals surface area contributed by atoms with Crippen LogP contribution in [0.2, 0.25) is 0 Å². The predicted molar refractivity (Wildman–Crippen MR) is 57.1 cm³/mol. The molecule has 0 unspecified atom stereocenters. The highest BCUT2D eigenvalue weighted by atomic mass is 35.5. The maximum atomic E-state index is 11.8. The molecule has 0 fully saturated rings. The second-order valence-electron chi connectivity index (χ2n) is 2.94. The lowest BCUT2D eigenvalue weighted by Gasteiger charge is -2.20. The van der Waals surface area contributed by atoms with Gasteiger partial charge in [0.1, 0.15) is 5.69 Å². The zero-order valence-corrected chi connectivity index (χ0v) is 9.33. The number of alkyl halides is 1. The normalized spacial score (nSPS) is 10.3. The van der Waals surface area contributed by atoms with Gasteiger partial charge < -0.3 is 9.64 Å². The van der Waals surface area contributed by atoms with E-state index in [1.807, 2.05) is 0 Å². The van der Waals surface area contributed by atoms with Gasteiger partial charge in [0.25, 0.3) is 5.91 Å². The number of aromatic amines is 1. The highest BCUT2D eigenvalue weighted by Crippen LogP contribution is 2.01. The number of hydrogen-bond donors (Lipinski definition) is 1. The van der Waals surface area contributed by atoms with E-state index in [1.165, 1.54) is 0 Å². The van der Waals surface area contributed by atoms with Gasteiger partial charge in [0, 0.05) is 32.3 Å². The minimum absolute atomic E-state index is 0.106. The van der Waals surface area contributed by atoms with Gasteiger partial charge in [-0.25, -0.2) is 0 Å². The van der Waals surface area contributed by atoms with Crippen molar-refractivity contribution in [2.75, 3.05) is 32.7 Å². The van der Waals surface area contributed by atoms with Gasteiger partial charge in [-0.05, 0) is 6.07 Å². The number of rotatable bonds is 6. The van der Waals surface area contributed by atoms with E-state index in [1.54, 1.807) is 24.3 Å². The molecule has 1 heterocycles. The highest BCUT2D eigenvalue weighted by molar-refractivity contribution is 6.18. The second-order valence-corrected chi connectivity index (χ2v) is 3.32. The van der Waals surface area contributed by atoms with Crippen LogP contribution in [0.1, 0.15) is 10.5 Å². The lowest BCUT2D eigenvalue weighted by molar-refractivity contribution is 0.0702. The summed E-state index contributed by atoms with van der Waals surface area (Å²) in [6.45, 7) is 1.53. The summed E-state index contributed by atoms with van der Waals surface area (Å²) in [5, 5.41) is 6.36. The number of carbonyl (C=O) groups excluding carboxylic acids is 1. The summed E-state index contributed by atoms with van der Waals surface area (Å²) >= 11 is 5.62. The standard InChI is InChI=1S/C9H14ClN3O2/c1-15-7-6-13(5-3-10)9(14)8-2-4-11-12-8/h2,4H,3,5-7H2,1H3,(H,11,12). The first kappa shape index (κ1) is 12.0. The van der Waals surface area contributed by atoms with E-state index < -0.39 is 0 Å². The number of carbonyl (C=O) groups is 1. The molecule has 1 aromatic heterocycles. The molecule has 0 radical (unpaired) electrons. The quantitative estimate of drug-likeness (QED) is 0.735. The number of hydrogen-bond acceptors (Lipinski definition) is 3. The Kier molecular flexibility index (Phi) is 5.14. The Morgan fingerprint density at radius 3 is 3.00 bits per heavy atom. The zero-order chi connectivity index (χ0) is 11.1. The van der Waals surface area contributed by atoms with Gasteiger partial charge in [-0.15, -0.1) is 11.6 Å². The number of amides is 1. The number of H-pyrrole nitrogens is 1. The number of halogens is 1. The van der Waals surface area contributed by atoms with E-state index in [4.69, 9.17) is 16.3 Å². The summed E-state index contributed by atoms with van der Waals surface area (Å²) in [4.78, 5) is 13.5. The van der Waals surface area contributed by atoms with Crippen molar-refractivity contribution in [1.82, 2.24) is 15.1 Å². The van der Waals surface area contributed by atoms with E-state index in [9.17, 15) is 4.79 Å². The summed E-state index contributed by atoms with van der Waals surface area (Å²) < 4.78 is 4.92. The second kappa shape index (κ2) is 6.42. The lowest BCUT2D eigenvalue weighted by atomic mass is 10.3. The minimum atomic E-state index is -0.106. The van der Waals surface area contributed by atoms with Crippen molar-refractivity contribution in [1.29, 1.82) is 0 Å². The van der Waals surface area contributed by atoms with E-state index in [0.29, 0.717) is 31.3 Å². The molecular weight excluding hydrogens is 218 g/mol. The van der Waals surface area contributed by atoms with Crippen LogP contribution in [0.5, 0.6) is 0 Å². The molecule has 1 N–H and O–H groups in total. The zero-order valence-electron chi connectivity index (χ0n) is 8.57. The molecule has 15 heavy (non-hydrogen) atoms. The Morgan fingerprint density at radius 2 is 2.47 bits per heavy atom. The molecule has 0 aromatic carbocycles. The fourth-order valence-electron chi connectivity index (χ4n) is 1.16. The van der Waals surface area contributed by atoms with Crippen LogP contribution in [0.15, 0.2) is 12.3 Å². The fraction of sp³-hybridized carbons (Fsp3) is 0.556.